The van der Waals surface area contributed by atoms with E-state index < -0.39 is 0 Å². The van der Waals surface area contributed by atoms with Crippen molar-refractivity contribution < 1.29 is 19.5 Å². The first kappa shape index (κ1) is 27.6. The summed E-state index contributed by atoms with van der Waals surface area (Å²) in [5.41, 5.74) is 0. The van der Waals surface area contributed by atoms with E-state index in [9.17, 15) is 19.5 Å². The molecule has 1 aliphatic heterocycles. The van der Waals surface area contributed by atoms with E-state index in [1.807, 2.05) is 11.0 Å². The summed E-state index contributed by atoms with van der Waals surface area (Å²) in [4.78, 5) is 37.7. The Labute approximate surface area is 200 Å². The van der Waals surface area contributed by atoms with E-state index in [1.165, 1.54) is 0 Å². The minimum Gasteiger partial charge on any atom is -0.389 e. The van der Waals surface area contributed by atoms with Crippen molar-refractivity contribution in [3.05, 3.63) is 12.2 Å². The van der Waals surface area contributed by atoms with Gasteiger partial charge < -0.3 is 15.3 Å². The number of aliphatic hydroxyl groups is 1. The van der Waals surface area contributed by atoms with Crippen LogP contribution >= 0.6 is 0 Å². The number of hydrogen-bond acceptors (Lipinski definition) is 4. The monoisotopic (exact) mass is 462 g/mol. The molecule has 1 saturated heterocycles. The molecular weight excluding hydrogens is 416 g/mol. The third kappa shape index (κ3) is 10.9. The van der Waals surface area contributed by atoms with Crippen molar-refractivity contribution in [3.63, 3.8) is 0 Å². The smallest absolute Gasteiger partial charge is 0.222 e. The van der Waals surface area contributed by atoms with Crippen LogP contribution in [0.4, 0.5) is 0 Å². The summed E-state index contributed by atoms with van der Waals surface area (Å²) >= 11 is 0. The summed E-state index contributed by atoms with van der Waals surface area (Å²) in [6, 6.07) is 0. The van der Waals surface area contributed by atoms with Gasteiger partial charge in [0.1, 0.15) is 5.78 Å². The highest BCUT2D eigenvalue weighted by Gasteiger charge is 2.32. The molecule has 0 bridgehead atoms. The number of likely N-dealkylation sites (tertiary alicyclic amines) is 1. The molecule has 2 fully saturated rings. The van der Waals surface area contributed by atoms with Crippen LogP contribution in [0, 0.1) is 11.8 Å². The number of aliphatic hydroxyl groups excluding tert-OH is 1. The van der Waals surface area contributed by atoms with E-state index in [-0.39, 0.29) is 29.8 Å². The molecule has 33 heavy (non-hydrogen) atoms. The number of nitrogens with one attached hydrogen (secondary N) is 1. The second-order valence-corrected chi connectivity index (χ2v) is 9.86. The lowest BCUT2D eigenvalue weighted by Gasteiger charge is -2.16. The predicted molar refractivity (Wildman–Crippen MR) is 132 cm³/mol. The molecule has 2 aliphatic rings. The Morgan fingerprint density at radius 1 is 1.12 bits per heavy atom. The highest BCUT2D eigenvalue weighted by atomic mass is 16.3. The number of ketones is 1. The normalized spacial score (nSPS) is 21.9. The van der Waals surface area contributed by atoms with Gasteiger partial charge in [-0.2, -0.15) is 0 Å². The molecule has 1 heterocycles. The average molecular weight is 463 g/mol. The number of allylic oxidation sites excluding steroid dienone is 1. The molecule has 6 nitrogen and oxygen atoms in total. The maximum absolute atomic E-state index is 12.3. The highest BCUT2D eigenvalue weighted by molar-refractivity contribution is 5.83. The summed E-state index contributed by atoms with van der Waals surface area (Å²) in [7, 11) is 0. The molecule has 0 aromatic carbocycles. The van der Waals surface area contributed by atoms with Gasteiger partial charge in [0.2, 0.25) is 11.8 Å². The van der Waals surface area contributed by atoms with Crippen LogP contribution in [0.2, 0.25) is 0 Å². The zero-order valence-corrected chi connectivity index (χ0v) is 20.7. The van der Waals surface area contributed by atoms with Crippen molar-refractivity contribution in [2.75, 3.05) is 19.6 Å². The lowest BCUT2D eigenvalue weighted by Crippen LogP contribution is -2.30. The SMILES string of the molecule is CCCCCC(O)C=CC1CCC(=O)C1CCCCCCC(=O)NCCCN1CCCC1=O. The van der Waals surface area contributed by atoms with E-state index in [1.54, 1.807) is 0 Å². The molecular formula is C27H46N2O4. The standard InChI is InChI=1S/C27H46N2O4/c1-2-3-6-11-23(30)17-15-22-16-18-25(31)24(22)12-7-4-5-8-13-26(32)28-19-10-21-29-20-9-14-27(29)33/h15,17,22-24,30H,2-14,16,18-21H2,1H3,(H,28,32). The predicted octanol–water partition coefficient (Wildman–Crippen LogP) is 4.55. The van der Waals surface area contributed by atoms with Gasteiger partial charge in [-0.25, -0.2) is 0 Å². The number of carbonyl (C=O) groups is 3. The van der Waals surface area contributed by atoms with Gasteiger partial charge in [-0.1, -0.05) is 57.6 Å². The quantitative estimate of drug-likeness (QED) is 0.245. The fourth-order valence-electron chi connectivity index (χ4n) is 5.04. The first-order chi connectivity index (χ1) is 16.0. The van der Waals surface area contributed by atoms with Crippen LogP contribution in [0.15, 0.2) is 12.2 Å². The number of amides is 2. The second-order valence-electron chi connectivity index (χ2n) is 9.86. The number of nitrogens with zero attached hydrogens (tertiary/aromatic N) is 1. The molecule has 0 aromatic heterocycles. The van der Waals surface area contributed by atoms with E-state index >= 15 is 0 Å². The first-order valence-corrected chi connectivity index (χ1v) is 13.4. The summed E-state index contributed by atoms with van der Waals surface area (Å²) in [5, 5.41) is 13.1. The number of unbranched alkanes of at least 4 members (excludes halogenated alkanes) is 5. The van der Waals surface area contributed by atoms with Gasteiger partial charge in [-0.3, -0.25) is 14.4 Å². The molecule has 2 amide bonds. The molecule has 0 spiro atoms. The zero-order valence-electron chi connectivity index (χ0n) is 20.7. The minimum absolute atomic E-state index is 0.0939. The lowest BCUT2D eigenvalue weighted by molar-refractivity contribution is -0.127. The molecule has 2 N–H and O–H groups in total. The van der Waals surface area contributed by atoms with Crippen molar-refractivity contribution in [2.24, 2.45) is 11.8 Å². The van der Waals surface area contributed by atoms with Crippen LogP contribution in [0.3, 0.4) is 0 Å². The second kappa shape index (κ2) is 16.0. The Hall–Kier alpha value is -1.69. The summed E-state index contributed by atoms with van der Waals surface area (Å²) in [6.07, 6.45) is 17.2. The van der Waals surface area contributed by atoms with Gasteiger partial charge in [0.25, 0.3) is 0 Å². The molecule has 188 valence electrons. The number of hydrogen-bond donors (Lipinski definition) is 2. The van der Waals surface area contributed by atoms with E-state index in [0.717, 1.165) is 90.1 Å². The van der Waals surface area contributed by atoms with Crippen molar-refractivity contribution in [1.82, 2.24) is 10.2 Å². The lowest BCUT2D eigenvalue weighted by atomic mass is 9.89. The van der Waals surface area contributed by atoms with Crippen LogP contribution < -0.4 is 5.32 Å². The maximum atomic E-state index is 12.3. The molecule has 3 unspecified atom stereocenters. The van der Waals surface area contributed by atoms with Crippen molar-refractivity contribution in [3.8, 4) is 0 Å². The van der Waals surface area contributed by atoms with Crippen LogP contribution in [0.25, 0.3) is 0 Å². The van der Waals surface area contributed by atoms with Gasteiger partial charge in [-0.15, -0.1) is 0 Å². The molecule has 1 aliphatic carbocycles. The van der Waals surface area contributed by atoms with E-state index in [0.29, 0.717) is 31.6 Å². The minimum atomic E-state index is -0.387. The Morgan fingerprint density at radius 3 is 2.70 bits per heavy atom. The fourth-order valence-corrected chi connectivity index (χ4v) is 5.04. The Morgan fingerprint density at radius 2 is 1.94 bits per heavy atom. The van der Waals surface area contributed by atoms with Crippen LogP contribution in [0.5, 0.6) is 0 Å². The number of Topliss-reactive ketones (excluding diaryl/α,β-unsaturated/α-hetero) is 1. The molecule has 0 radical (unpaired) electrons. The maximum Gasteiger partial charge on any atom is 0.222 e. The third-order valence-electron chi connectivity index (χ3n) is 7.11. The Balaban J connectivity index is 1.51. The van der Waals surface area contributed by atoms with E-state index in [4.69, 9.17) is 0 Å². The molecule has 0 aromatic rings. The number of carbonyl (C=O) groups excluding carboxylic acids is 3. The Bertz CT molecular complexity index is 634. The van der Waals surface area contributed by atoms with Crippen LogP contribution in [-0.2, 0) is 14.4 Å². The van der Waals surface area contributed by atoms with Crippen molar-refractivity contribution >= 4 is 17.6 Å². The van der Waals surface area contributed by atoms with Gasteiger partial charge in [-0.05, 0) is 44.4 Å². The molecule has 2 rings (SSSR count). The topological polar surface area (TPSA) is 86.7 Å². The van der Waals surface area contributed by atoms with E-state index in [2.05, 4.69) is 18.3 Å². The number of rotatable bonds is 17. The first-order valence-electron chi connectivity index (χ1n) is 13.4. The van der Waals surface area contributed by atoms with Crippen molar-refractivity contribution in [2.45, 2.75) is 109 Å². The average Bonchev–Trinajstić information content (AvgIpc) is 3.37. The summed E-state index contributed by atoms with van der Waals surface area (Å²) in [5.74, 6) is 1.09. The summed E-state index contributed by atoms with van der Waals surface area (Å²) < 4.78 is 0. The van der Waals surface area contributed by atoms with Gasteiger partial charge >= 0.3 is 0 Å². The van der Waals surface area contributed by atoms with Gasteiger partial charge in [0.15, 0.2) is 0 Å². The summed E-state index contributed by atoms with van der Waals surface area (Å²) in [6.45, 7) is 4.40. The van der Waals surface area contributed by atoms with Crippen LogP contribution in [0.1, 0.15) is 103 Å². The molecule has 1 saturated carbocycles. The zero-order chi connectivity index (χ0) is 23.9. The van der Waals surface area contributed by atoms with Gasteiger partial charge in [0.05, 0.1) is 6.10 Å². The Kier molecular flexibility index (Phi) is 13.4. The third-order valence-corrected chi connectivity index (χ3v) is 7.11. The highest BCUT2D eigenvalue weighted by Crippen LogP contribution is 2.34. The van der Waals surface area contributed by atoms with Gasteiger partial charge in [0, 0.05) is 44.8 Å². The fraction of sp³-hybridized carbons (Fsp3) is 0.815. The van der Waals surface area contributed by atoms with Crippen LogP contribution in [-0.4, -0.2) is 53.3 Å². The molecule has 6 heteroatoms. The largest absolute Gasteiger partial charge is 0.389 e. The van der Waals surface area contributed by atoms with Crippen molar-refractivity contribution in [1.29, 1.82) is 0 Å². The molecule has 3 atom stereocenters.